The van der Waals surface area contributed by atoms with E-state index in [0.29, 0.717) is 22.7 Å². The maximum Gasteiger partial charge on any atom is 0.406 e. The monoisotopic (exact) mass is 377 g/mol. The number of quaternary nitrogens is 1. The van der Waals surface area contributed by atoms with Gasteiger partial charge in [-0.2, -0.15) is 0 Å². The Morgan fingerprint density at radius 3 is 1.73 bits per heavy atom. The molecule has 0 fully saturated rings. The number of hydrogen-bond acceptors (Lipinski definition) is 3. The lowest BCUT2D eigenvalue weighted by molar-refractivity contribution is -1.11. The Labute approximate surface area is 162 Å². The Hall–Kier alpha value is -1.88. The molecule has 1 unspecified atom stereocenters. The number of benzene rings is 2. The van der Waals surface area contributed by atoms with E-state index in [1.54, 1.807) is 48.5 Å². The van der Waals surface area contributed by atoms with Crippen molar-refractivity contribution in [3.8, 4) is 0 Å². The molecule has 4 nitrogen and oxygen atoms in total. The summed E-state index contributed by atoms with van der Waals surface area (Å²) in [4.78, 5) is 18.9. The van der Waals surface area contributed by atoms with Crippen LogP contribution in [-0.2, 0) is 15.2 Å². The lowest BCUT2D eigenvalue weighted by Gasteiger charge is -2.34. The van der Waals surface area contributed by atoms with Crippen molar-refractivity contribution in [1.82, 2.24) is 0 Å². The molecule has 5 heteroatoms. The highest BCUT2D eigenvalue weighted by Crippen LogP contribution is 2.30. The zero-order valence-corrected chi connectivity index (χ0v) is 16.6. The summed E-state index contributed by atoms with van der Waals surface area (Å²) in [5, 5.41) is 12.1. The van der Waals surface area contributed by atoms with Crippen molar-refractivity contribution in [2.45, 2.75) is 45.3 Å². The molecule has 26 heavy (non-hydrogen) atoms. The Kier molecular flexibility index (Phi) is 7.82. The van der Waals surface area contributed by atoms with E-state index in [-0.39, 0.29) is 17.9 Å². The molecule has 0 aromatic heterocycles. The SMILES string of the molecule is CC[NH+](OC(=O)C(O)(c1ccccc1)c1ccccc1)C(C)(C)CC.[Cl-]. The van der Waals surface area contributed by atoms with Crippen molar-refractivity contribution < 1.29 is 32.2 Å². The molecular weight excluding hydrogens is 350 g/mol. The molecule has 0 aliphatic heterocycles. The largest absolute Gasteiger partial charge is 1.00 e. The van der Waals surface area contributed by atoms with Crippen LogP contribution in [0.15, 0.2) is 60.7 Å². The van der Waals surface area contributed by atoms with Crippen molar-refractivity contribution in [1.29, 1.82) is 0 Å². The zero-order valence-electron chi connectivity index (χ0n) is 15.8. The number of carbonyl (C=O) groups is 1. The summed E-state index contributed by atoms with van der Waals surface area (Å²) in [6, 6.07) is 17.9. The van der Waals surface area contributed by atoms with Crippen LogP contribution in [-0.4, -0.2) is 23.2 Å². The number of hydrogen-bond donors (Lipinski definition) is 2. The molecule has 0 saturated heterocycles. The molecule has 0 aliphatic carbocycles. The molecule has 0 bridgehead atoms. The van der Waals surface area contributed by atoms with E-state index < -0.39 is 11.6 Å². The van der Waals surface area contributed by atoms with E-state index in [4.69, 9.17) is 4.84 Å². The van der Waals surface area contributed by atoms with Crippen LogP contribution in [0.2, 0.25) is 0 Å². The topological polar surface area (TPSA) is 51.0 Å². The van der Waals surface area contributed by atoms with Crippen molar-refractivity contribution in [3.05, 3.63) is 71.8 Å². The van der Waals surface area contributed by atoms with Gasteiger partial charge in [0.25, 0.3) is 0 Å². The molecule has 2 aromatic carbocycles. The second-order valence-corrected chi connectivity index (χ2v) is 6.85. The van der Waals surface area contributed by atoms with Crippen molar-refractivity contribution in [3.63, 3.8) is 0 Å². The van der Waals surface area contributed by atoms with E-state index in [1.165, 1.54) is 0 Å². The van der Waals surface area contributed by atoms with Gasteiger partial charge in [0.1, 0.15) is 12.1 Å². The van der Waals surface area contributed by atoms with Gasteiger partial charge in [-0.1, -0.05) is 67.6 Å². The van der Waals surface area contributed by atoms with E-state index in [1.807, 2.05) is 32.9 Å². The number of nitrogens with one attached hydrogen (secondary N) is 1. The predicted octanol–water partition coefficient (Wildman–Crippen LogP) is -0.522. The summed E-state index contributed by atoms with van der Waals surface area (Å²) in [6.07, 6.45) is 0.846. The summed E-state index contributed by atoms with van der Waals surface area (Å²) in [6.45, 7) is 8.73. The number of aliphatic hydroxyl groups is 1. The first kappa shape index (κ1) is 22.2. The summed E-state index contributed by atoms with van der Waals surface area (Å²) in [7, 11) is 0. The molecule has 0 heterocycles. The highest BCUT2D eigenvalue weighted by atomic mass is 35.5. The summed E-state index contributed by atoms with van der Waals surface area (Å²) >= 11 is 0. The van der Waals surface area contributed by atoms with Crippen molar-refractivity contribution in [2.24, 2.45) is 0 Å². The maximum atomic E-state index is 13.1. The van der Waals surface area contributed by atoms with Crippen LogP contribution in [0.3, 0.4) is 0 Å². The quantitative estimate of drug-likeness (QED) is 0.638. The van der Waals surface area contributed by atoms with Gasteiger partial charge in [0.2, 0.25) is 5.60 Å². The molecule has 2 aromatic rings. The minimum atomic E-state index is -1.84. The van der Waals surface area contributed by atoms with Gasteiger partial charge in [0.15, 0.2) is 0 Å². The summed E-state index contributed by atoms with van der Waals surface area (Å²) in [5.41, 5.74) is -1.09. The first-order chi connectivity index (χ1) is 11.9. The average molecular weight is 378 g/mol. The fourth-order valence-electron chi connectivity index (χ4n) is 2.83. The number of rotatable bonds is 7. The van der Waals surface area contributed by atoms with Gasteiger partial charge >= 0.3 is 5.97 Å². The molecular formula is C21H28ClNO3. The summed E-state index contributed by atoms with van der Waals surface area (Å²) in [5.74, 6) is -0.664. The Bertz CT molecular complexity index is 649. The lowest BCUT2D eigenvalue weighted by Crippen LogP contribution is -3.18. The van der Waals surface area contributed by atoms with Gasteiger partial charge < -0.3 is 17.5 Å². The van der Waals surface area contributed by atoms with E-state index >= 15 is 0 Å². The smallest absolute Gasteiger partial charge is 0.406 e. The fourth-order valence-corrected chi connectivity index (χ4v) is 2.83. The molecule has 2 rings (SSSR count). The van der Waals surface area contributed by atoms with Crippen LogP contribution < -0.4 is 17.5 Å². The molecule has 1 atom stereocenters. The molecule has 2 N–H and O–H groups in total. The van der Waals surface area contributed by atoms with Gasteiger partial charge in [-0.05, 0) is 31.9 Å². The van der Waals surface area contributed by atoms with Gasteiger partial charge in [-0.25, -0.2) is 4.79 Å². The normalized spacial score (nSPS) is 12.8. The number of hydroxylamine groups is 2. The summed E-state index contributed by atoms with van der Waals surface area (Å²) < 4.78 is 0. The van der Waals surface area contributed by atoms with Crippen LogP contribution >= 0.6 is 0 Å². The Balaban J connectivity index is 0.00000338. The maximum absolute atomic E-state index is 13.1. The second-order valence-electron chi connectivity index (χ2n) is 6.85. The molecule has 142 valence electrons. The van der Waals surface area contributed by atoms with Crippen molar-refractivity contribution >= 4 is 5.97 Å². The first-order valence-corrected chi connectivity index (χ1v) is 8.78. The third kappa shape index (κ3) is 4.44. The van der Waals surface area contributed by atoms with Gasteiger partial charge in [0, 0.05) is 6.42 Å². The average Bonchev–Trinajstić information content (AvgIpc) is 2.66. The standard InChI is InChI=1S/C21H27NO3.ClH/c1-5-20(3,4)22(6-2)25-19(23)21(24,17-13-9-7-10-14-17)18-15-11-8-12-16-18;/h7-16,24H,5-6H2,1-4H3;1H. The van der Waals surface area contributed by atoms with Crippen molar-refractivity contribution in [2.75, 3.05) is 6.54 Å². The third-order valence-corrected chi connectivity index (χ3v) is 4.85. The number of halogens is 1. The van der Waals surface area contributed by atoms with Crippen LogP contribution in [0, 0.1) is 0 Å². The minimum Gasteiger partial charge on any atom is -1.00 e. The van der Waals surface area contributed by atoms with Gasteiger partial charge in [-0.3, -0.25) is 4.84 Å². The zero-order chi connectivity index (χ0) is 18.5. The van der Waals surface area contributed by atoms with Gasteiger partial charge in [0.05, 0.1) is 0 Å². The Morgan fingerprint density at radius 2 is 1.38 bits per heavy atom. The molecule has 0 radical (unpaired) electrons. The number of carbonyl (C=O) groups excluding carboxylic acids is 1. The molecule has 0 spiro atoms. The molecule has 0 amide bonds. The first-order valence-electron chi connectivity index (χ1n) is 8.78. The van der Waals surface area contributed by atoms with E-state index in [0.717, 1.165) is 6.42 Å². The van der Waals surface area contributed by atoms with Crippen LogP contribution in [0.4, 0.5) is 0 Å². The van der Waals surface area contributed by atoms with E-state index in [9.17, 15) is 9.90 Å². The second kappa shape index (κ2) is 9.17. The molecule has 0 aliphatic rings. The van der Waals surface area contributed by atoms with Crippen LogP contribution in [0.25, 0.3) is 0 Å². The predicted molar refractivity (Wildman–Crippen MR) is 97.8 cm³/mol. The third-order valence-electron chi connectivity index (χ3n) is 4.85. The Morgan fingerprint density at radius 1 is 0.962 bits per heavy atom. The van der Waals surface area contributed by atoms with E-state index in [2.05, 4.69) is 6.92 Å². The highest BCUT2D eigenvalue weighted by Gasteiger charge is 2.46. The van der Waals surface area contributed by atoms with Gasteiger partial charge in [-0.15, -0.1) is 5.06 Å². The highest BCUT2D eigenvalue weighted by molar-refractivity contribution is 5.84. The molecule has 0 saturated carbocycles. The van der Waals surface area contributed by atoms with Crippen LogP contribution in [0.1, 0.15) is 45.2 Å². The minimum absolute atomic E-state index is 0. The lowest BCUT2D eigenvalue weighted by atomic mass is 9.86. The fraction of sp³-hybridized carbons (Fsp3) is 0.381. The van der Waals surface area contributed by atoms with Crippen LogP contribution in [0.5, 0.6) is 0 Å².